The highest BCUT2D eigenvalue weighted by molar-refractivity contribution is 5.98. The molecule has 1 rings (SSSR count). The van der Waals surface area contributed by atoms with Crippen molar-refractivity contribution in [3.63, 3.8) is 0 Å². The molecule has 0 aliphatic heterocycles. The van der Waals surface area contributed by atoms with E-state index in [2.05, 4.69) is 5.10 Å². The van der Waals surface area contributed by atoms with Crippen molar-refractivity contribution in [2.45, 2.75) is 18.9 Å². The lowest BCUT2D eigenvalue weighted by Gasteiger charge is -2.07. The van der Waals surface area contributed by atoms with Crippen LogP contribution in [0.1, 0.15) is 23.3 Å². The molecule has 5 heteroatoms. The van der Waals surface area contributed by atoms with Crippen molar-refractivity contribution in [3.05, 3.63) is 18.0 Å². The highest BCUT2D eigenvalue weighted by Crippen LogP contribution is 2.03. The van der Waals surface area contributed by atoms with Crippen LogP contribution in [-0.4, -0.2) is 35.3 Å². The zero-order valence-electron chi connectivity index (χ0n) is 9.14. The highest BCUT2D eigenvalue weighted by Gasteiger charge is 2.17. The van der Waals surface area contributed by atoms with E-state index in [9.17, 15) is 4.79 Å². The minimum Gasteiger partial charge on any atom is -0.385 e. The van der Waals surface area contributed by atoms with Crippen LogP contribution in [0, 0.1) is 0 Å². The Balaban J connectivity index is 2.46. The van der Waals surface area contributed by atoms with Gasteiger partial charge in [-0.2, -0.15) is 5.10 Å². The number of carbonyl (C=O) groups excluding carboxylic acids is 1. The maximum absolute atomic E-state index is 11.7. The molecular weight excluding hydrogens is 194 g/mol. The van der Waals surface area contributed by atoms with Crippen molar-refractivity contribution in [1.82, 2.24) is 9.78 Å². The maximum atomic E-state index is 11.7. The average molecular weight is 211 g/mol. The number of nitrogens with two attached hydrogens (primary N) is 1. The maximum Gasteiger partial charge on any atom is 0.199 e. The Morgan fingerprint density at radius 3 is 3.00 bits per heavy atom. The lowest BCUT2D eigenvalue weighted by atomic mass is 10.1. The highest BCUT2D eigenvalue weighted by atomic mass is 16.5. The Kier molecular flexibility index (Phi) is 4.45. The van der Waals surface area contributed by atoms with Gasteiger partial charge in [0.25, 0.3) is 0 Å². The van der Waals surface area contributed by atoms with E-state index < -0.39 is 6.04 Å². The van der Waals surface area contributed by atoms with E-state index in [1.165, 1.54) is 0 Å². The number of ketones is 1. The van der Waals surface area contributed by atoms with Crippen LogP contribution in [-0.2, 0) is 11.8 Å². The number of nitrogens with zero attached hydrogens (tertiary/aromatic N) is 2. The topological polar surface area (TPSA) is 70.1 Å². The third-order valence-corrected chi connectivity index (χ3v) is 2.17. The number of methoxy groups -OCH3 is 1. The van der Waals surface area contributed by atoms with Crippen LogP contribution in [0.4, 0.5) is 0 Å². The Hall–Kier alpha value is -1.20. The Morgan fingerprint density at radius 2 is 2.47 bits per heavy atom. The molecule has 0 radical (unpaired) electrons. The number of hydrogen-bond donors (Lipinski definition) is 1. The van der Waals surface area contributed by atoms with Gasteiger partial charge in [-0.1, -0.05) is 0 Å². The van der Waals surface area contributed by atoms with Gasteiger partial charge in [0.05, 0.1) is 6.04 Å². The van der Waals surface area contributed by atoms with Crippen LogP contribution in [0.5, 0.6) is 0 Å². The third-order valence-electron chi connectivity index (χ3n) is 2.17. The molecule has 1 heterocycles. The van der Waals surface area contributed by atoms with Crippen LogP contribution < -0.4 is 5.73 Å². The summed E-state index contributed by atoms with van der Waals surface area (Å²) in [5, 5.41) is 4.02. The summed E-state index contributed by atoms with van der Waals surface area (Å²) in [7, 11) is 3.40. The molecule has 0 aliphatic rings. The van der Waals surface area contributed by atoms with Gasteiger partial charge < -0.3 is 10.5 Å². The Bertz CT molecular complexity index is 322. The first-order valence-corrected chi connectivity index (χ1v) is 4.93. The molecule has 0 aromatic carbocycles. The zero-order chi connectivity index (χ0) is 11.3. The number of rotatable bonds is 6. The molecule has 0 aliphatic carbocycles. The summed E-state index contributed by atoms with van der Waals surface area (Å²) < 4.78 is 6.49. The van der Waals surface area contributed by atoms with Crippen molar-refractivity contribution >= 4 is 5.78 Å². The van der Waals surface area contributed by atoms with Gasteiger partial charge in [-0.15, -0.1) is 0 Å². The lowest BCUT2D eigenvalue weighted by molar-refractivity contribution is 0.0945. The van der Waals surface area contributed by atoms with Crippen LogP contribution in [0.3, 0.4) is 0 Å². The van der Waals surface area contributed by atoms with Gasteiger partial charge in [-0.3, -0.25) is 9.48 Å². The van der Waals surface area contributed by atoms with Crippen LogP contribution in [0.25, 0.3) is 0 Å². The second-order valence-electron chi connectivity index (χ2n) is 3.48. The molecule has 0 bridgehead atoms. The first-order valence-electron chi connectivity index (χ1n) is 4.93. The van der Waals surface area contributed by atoms with E-state index in [0.717, 1.165) is 6.42 Å². The number of hydrogen-bond acceptors (Lipinski definition) is 4. The lowest BCUT2D eigenvalue weighted by Crippen LogP contribution is -2.31. The van der Waals surface area contributed by atoms with E-state index in [1.807, 2.05) is 0 Å². The van der Waals surface area contributed by atoms with Crippen molar-refractivity contribution in [2.24, 2.45) is 12.8 Å². The largest absolute Gasteiger partial charge is 0.385 e. The van der Waals surface area contributed by atoms with Crippen LogP contribution >= 0.6 is 0 Å². The van der Waals surface area contributed by atoms with Gasteiger partial charge in [0.1, 0.15) is 5.69 Å². The minimum absolute atomic E-state index is 0.105. The molecule has 0 fully saturated rings. The number of Topliss-reactive ketones (excluding diaryl/α,β-unsaturated/α-hetero) is 1. The molecule has 1 atom stereocenters. The molecule has 84 valence electrons. The van der Waals surface area contributed by atoms with Gasteiger partial charge in [0.15, 0.2) is 5.78 Å². The van der Waals surface area contributed by atoms with Gasteiger partial charge in [-0.25, -0.2) is 0 Å². The monoisotopic (exact) mass is 211 g/mol. The number of carbonyl (C=O) groups is 1. The fourth-order valence-electron chi connectivity index (χ4n) is 1.32. The predicted octanol–water partition coefficient (Wildman–Crippen LogP) is 0.357. The summed E-state index contributed by atoms with van der Waals surface area (Å²) >= 11 is 0. The molecule has 0 amide bonds. The fraction of sp³-hybridized carbons (Fsp3) is 0.600. The van der Waals surface area contributed by atoms with Crippen molar-refractivity contribution in [1.29, 1.82) is 0 Å². The van der Waals surface area contributed by atoms with Gasteiger partial charge in [-0.05, 0) is 18.9 Å². The van der Waals surface area contributed by atoms with Crippen molar-refractivity contribution < 1.29 is 9.53 Å². The molecule has 0 spiro atoms. The van der Waals surface area contributed by atoms with E-state index >= 15 is 0 Å². The molecule has 5 nitrogen and oxygen atoms in total. The molecule has 0 saturated carbocycles. The molecule has 1 aromatic heterocycles. The second-order valence-corrected chi connectivity index (χ2v) is 3.48. The molecule has 1 unspecified atom stereocenters. The normalized spacial score (nSPS) is 12.7. The van der Waals surface area contributed by atoms with Gasteiger partial charge in [0, 0.05) is 27.0 Å². The average Bonchev–Trinajstić information content (AvgIpc) is 2.64. The number of ether oxygens (including phenoxy) is 1. The van der Waals surface area contributed by atoms with E-state index in [-0.39, 0.29) is 5.78 Å². The third kappa shape index (κ3) is 3.45. The van der Waals surface area contributed by atoms with Crippen LogP contribution in [0.15, 0.2) is 12.3 Å². The number of aromatic nitrogens is 2. The van der Waals surface area contributed by atoms with E-state index in [4.69, 9.17) is 10.5 Å². The smallest absolute Gasteiger partial charge is 0.199 e. The van der Waals surface area contributed by atoms with Crippen molar-refractivity contribution in [2.75, 3.05) is 13.7 Å². The summed E-state index contributed by atoms with van der Waals surface area (Å²) in [6, 6.07) is 1.20. The first kappa shape index (κ1) is 11.9. The van der Waals surface area contributed by atoms with E-state index in [0.29, 0.717) is 18.7 Å². The molecule has 2 N–H and O–H groups in total. The SMILES string of the molecule is COCCCC(N)C(=O)c1ccn(C)n1. The van der Waals surface area contributed by atoms with Gasteiger partial charge >= 0.3 is 0 Å². The van der Waals surface area contributed by atoms with Crippen LogP contribution in [0.2, 0.25) is 0 Å². The fourth-order valence-corrected chi connectivity index (χ4v) is 1.32. The van der Waals surface area contributed by atoms with Gasteiger partial charge in [0.2, 0.25) is 0 Å². The Morgan fingerprint density at radius 1 is 1.73 bits per heavy atom. The van der Waals surface area contributed by atoms with E-state index in [1.54, 1.807) is 31.1 Å². The summed E-state index contributed by atoms with van der Waals surface area (Å²) in [5.41, 5.74) is 6.18. The predicted molar refractivity (Wildman–Crippen MR) is 56.6 cm³/mol. The quantitative estimate of drug-likeness (QED) is 0.544. The zero-order valence-corrected chi connectivity index (χ0v) is 9.14. The summed E-state index contributed by atoms with van der Waals surface area (Å²) in [5.74, 6) is -0.105. The molecule has 15 heavy (non-hydrogen) atoms. The summed E-state index contributed by atoms with van der Waals surface area (Å²) in [6.45, 7) is 0.628. The Labute approximate surface area is 89.2 Å². The molecule has 1 aromatic rings. The molecular formula is C10H17N3O2. The number of aryl methyl sites for hydroxylation is 1. The van der Waals surface area contributed by atoms with Crippen molar-refractivity contribution in [3.8, 4) is 0 Å². The first-order chi connectivity index (χ1) is 7.15. The molecule has 0 saturated heterocycles. The standard InChI is InChI=1S/C10H17N3O2/c1-13-6-5-9(12-13)10(14)8(11)4-3-7-15-2/h5-6,8H,3-4,7,11H2,1-2H3. The summed E-state index contributed by atoms with van der Waals surface area (Å²) in [6.07, 6.45) is 3.15. The minimum atomic E-state index is -0.477. The summed E-state index contributed by atoms with van der Waals surface area (Å²) in [4.78, 5) is 11.7. The second kappa shape index (κ2) is 5.63.